The third-order valence-corrected chi connectivity index (χ3v) is 6.55. The first-order valence-corrected chi connectivity index (χ1v) is 12.9. The molecule has 0 amide bonds. The van der Waals surface area contributed by atoms with Crippen LogP contribution in [-0.2, 0) is 12.8 Å². The van der Waals surface area contributed by atoms with Crippen LogP contribution in [0.1, 0.15) is 43.7 Å². The molecule has 4 aromatic rings. The van der Waals surface area contributed by atoms with E-state index in [9.17, 15) is 26.3 Å². The van der Waals surface area contributed by atoms with Crippen molar-refractivity contribution in [3.05, 3.63) is 94.8 Å². The molecule has 0 aromatic heterocycles. The number of halogens is 7. The van der Waals surface area contributed by atoms with E-state index in [0.29, 0.717) is 12.0 Å². The summed E-state index contributed by atoms with van der Waals surface area (Å²) >= 11 is 0. The number of unbranched alkanes of at least 4 members (excludes halogenated alkanes) is 3. The molecule has 0 heterocycles. The summed E-state index contributed by atoms with van der Waals surface area (Å²) < 4.78 is 107. The summed E-state index contributed by atoms with van der Waals surface area (Å²) in [7, 11) is 0. The van der Waals surface area contributed by atoms with Crippen LogP contribution in [0, 0.1) is 29.1 Å². The molecule has 0 saturated carbocycles. The summed E-state index contributed by atoms with van der Waals surface area (Å²) in [6.07, 6.45) is 3.96. The molecule has 0 aliphatic heterocycles. The van der Waals surface area contributed by atoms with Gasteiger partial charge in [0.15, 0.2) is 17.4 Å². The van der Waals surface area contributed by atoms with Crippen LogP contribution in [0.4, 0.5) is 30.7 Å². The maximum atomic E-state index is 15.3. The highest BCUT2D eigenvalue weighted by Crippen LogP contribution is 2.33. The molecule has 4 rings (SSSR count). The van der Waals surface area contributed by atoms with Gasteiger partial charge in [0, 0.05) is 17.5 Å². The van der Waals surface area contributed by atoms with Crippen molar-refractivity contribution in [2.45, 2.75) is 52.1 Å². The van der Waals surface area contributed by atoms with Crippen LogP contribution in [0.25, 0.3) is 21.9 Å². The Morgan fingerprint density at radius 2 is 1.43 bits per heavy atom. The zero-order chi connectivity index (χ0) is 28.8. The van der Waals surface area contributed by atoms with Gasteiger partial charge in [-0.15, -0.1) is 0 Å². The first-order chi connectivity index (χ1) is 19.2. The van der Waals surface area contributed by atoms with Crippen LogP contribution in [-0.4, -0.2) is 13.2 Å². The predicted molar refractivity (Wildman–Crippen MR) is 139 cm³/mol. The van der Waals surface area contributed by atoms with Crippen molar-refractivity contribution in [3.63, 3.8) is 0 Å². The SMILES string of the molecule is CCCCCCOc1cc(F)c(-c2ccc3c(F)c(CCc4cc(F)c(OC(F)F)c(F)c4)ccc3c2)c(F)c1. The summed E-state index contributed by atoms with van der Waals surface area (Å²) in [5.41, 5.74) is 0.340. The minimum Gasteiger partial charge on any atom is -0.493 e. The second kappa shape index (κ2) is 13.1. The number of alkyl halides is 2. The minimum absolute atomic E-state index is 0.0206. The second-order valence-corrected chi connectivity index (χ2v) is 9.41. The largest absolute Gasteiger partial charge is 0.493 e. The molecule has 0 fully saturated rings. The maximum absolute atomic E-state index is 15.3. The number of fused-ring (bicyclic) bond motifs is 1. The van der Waals surface area contributed by atoms with E-state index in [-0.39, 0.29) is 46.2 Å². The molecule has 0 atom stereocenters. The van der Waals surface area contributed by atoms with Crippen molar-refractivity contribution in [1.82, 2.24) is 0 Å². The quantitative estimate of drug-likeness (QED) is 0.126. The van der Waals surface area contributed by atoms with E-state index >= 15 is 4.39 Å². The van der Waals surface area contributed by atoms with Crippen molar-refractivity contribution in [2.75, 3.05) is 6.61 Å². The number of hydrogen-bond acceptors (Lipinski definition) is 2. The molecule has 9 heteroatoms. The van der Waals surface area contributed by atoms with Gasteiger partial charge in [-0.1, -0.05) is 50.5 Å². The third-order valence-electron chi connectivity index (χ3n) is 6.55. The maximum Gasteiger partial charge on any atom is 0.387 e. The zero-order valence-corrected chi connectivity index (χ0v) is 21.7. The molecular formula is C31H27F7O2. The number of aryl methyl sites for hydroxylation is 2. The Morgan fingerprint density at radius 1 is 0.725 bits per heavy atom. The fourth-order valence-electron chi connectivity index (χ4n) is 4.55. The van der Waals surface area contributed by atoms with E-state index in [2.05, 4.69) is 11.7 Å². The van der Waals surface area contributed by atoms with E-state index in [1.165, 1.54) is 24.3 Å². The number of ether oxygens (including phenoxy) is 2. The van der Waals surface area contributed by atoms with Crippen molar-refractivity contribution >= 4 is 10.8 Å². The van der Waals surface area contributed by atoms with E-state index in [4.69, 9.17) is 4.74 Å². The smallest absolute Gasteiger partial charge is 0.387 e. The molecule has 0 aliphatic rings. The highest BCUT2D eigenvalue weighted by molar-refractivity contribution is 5.88. The van der Waals surface area contributed by atoms with Gasteiger partial charge in [0.1, 0.15) is 23.2 Å². The minimum atomic E-state index is -3.38. The molecule has 0 N–H and O–H groups in total. The predicted octanol–water partition coefficient (Wildman–Crippen LogP) is 9.55. The summed E-state index contributed by atoms with van der Waals surface area (Å²) in [6, 6.07) is 11.3. The molecule has 0 bridgehead atoms. The highest BCUT2D eigenvalue weighted by Gasteiger charge is 2.18. The molecule has 40 heavy (non-hydrogen) atoms. The lowest BCUT2D eigenvalue weighted by Gasteiger charge is -2.12. The third kappa shape index (κ3) is 6.87. The lowest BCUT2D eigenvalue weighted by atomic mass is 9.96. The van der Waals surface area contributed by atoms with Gasteiger partial charge in [-0.05, 0) is 59.5 Å². The Kier molecular flexibility index (Phi) is 9.55. The summed E-state index contributed by atoms with van der Waals surface area (Å²) in [5, 5.41) is 0.603. The number of benzene rings is 4. The molecule has 0 radical (unpaired) electrons. The van der Waals surface area contributed by atoms with Crippen LogP contribution >= 0.6 is 0 Å². The number of rotatable bonds is 12. The molecular weight excluding hydrogens is 537 g/mol. The Balaban J connectivity index is 1.50. The molecule has 4 aromatic carbocycles. The van der Waals surface area contributed by atoms with E-state index < -0.39 is 41.4 Å². The summed E-state index contributed by atoms with van der Waals surface area (Å²) in [4.78, 5) is 0. The fourth-order valence-corrected chi connectivity index (χ4v) is 4.55. The number of hydrogen-bond donors (Lipinski definition) is 0. The van der Waals surface area contributed by atoms with Gasteiger partial charge in [0.2, 0.25) is 0 Å². The first-order valence-electron chi connectivity index (χ1n) is 12.9. The normalized spacial score (nSPS) is 11.4. The molecule has 0 saturated heterocycles. The highest BCUT2D eigenvalue weighted by atomic mass is 19.3. The Labute approximate surface area is 227 Å². The average molecular weight is 565 g/mol. The van der Waals surface area contributed by atoms with Crippen molar-refractivity contribution in [3.8, 4) is 22.6 Å². The van der Waals surface area contributed by atoms with Gasteiger partial charge >= 0.3 is 6.61 Å². The Hall–Kier alpha value is -3.75. The van der Waals surface area contributed by atoms with E-state index in [1.54, 1.807) is 6.07 Å². The second-order valence-electron chi connectivity index (χ2n) is 9.41. The summed E-state index contributed by atoms with van der Waals surface area (Å²) in [5.74, 6) is -5.84. The van der Waals surface area contributed by atoms with E-state index in [0.717, 1.165) is 49.9 Å². The Bertz CT molecular complexity index is 1440. The fraction of sp³-hybridized carbons (Fsp3) is 0.290. The lowest BCUT2D eigenvalue weighted by Crippen LogP contribution is -2.06. The van der Waals surface area contributed by atoms with Gasteiger partial charge in [-0.2, -0.15) is 8.78 Å². The van der Waals surface area contributed by atoms with Crippen LogP contribution in [0.15, 0.2) is 54.6 Å². The molecule has 0 unspecified atom stereocenters. The van der Waals surface area contributed by atoms with Crippen LogP contribution in [0.2, 0.25) is 0 Å². The van der Waals surface area contributed by atoms with Gasteiger partial charge in [0.05, 0.1) is 12.2 Å². The zero-order valence-electron chi connectivity index (χ0n) is 21.7. The van der Waals surface area contributed by atoms with Gasteiger partial charge < -0.3 is 9.47 Å². The van der Waals surface area contributed by atoms with Gasteiger partial charge in [0.25, 0.3) is 0 Å². The molecule has 212 valence electrons. The molecule has 0 aliphatic carbocycles. The van der Waals surface area contributed by atoms with Gasteiger partial charge in [-0.25, -0.2) is 22.0 Å². The lowest BCUT2D eigenvalue weighted by molar-refractivity contribution is -0.0546. The molecule has 2 nitrogen and oxygen atoms in total. The van der Waals surface area contributed by atoms with Crippen molar-refractivity contribution < 1.29 is 40.2 Å². The van der Waals surface area contributed by atoms with Crippen molar-refractivity contribution in [1.29, 1.82) is 0 Å². The van der Waals surface area contributed by atoms with Crippen LogP contribution < -0.4 is 9.47 Å². The monoisotopic (exact) mass is 564 g/mol. The standard InChI is InChI=1S/C31H27F7O2/c1-2-3-4-5-12-39-22-16-24(32)28(25(33)17-22)21-10-11-23-20(15-21)9-8-19(29(23)36)7-6-18-13-26(34)30(27(35)14-18)40-31(37)38/h8-11,13-17,31H,2-7,12H2,1H3. The van der Waals surface area contributed by atoms with Crippen LogP contribution in [0.5, 0.6) is 11.5 Å². The topological polar surface area (TPSA) is 18.5 Å². The first kappa shape index (κ1) is 29.2. The molecule has 0 spiro atoms. The average Bonchev–Trinajstić information content (AvgIpc) is 2.90. The van der Waals surface area contributed by atoms with Gasteiger partial charge in [-0.3, -0.25) is 0 Å². The Morgan fingerprint density at radius 3 is 2.08 bits per heavy atom. The summed E-state index contributed by atoms with van der Waals surface area (Å²) in [6.45, 7) is -0.940. The van der Waals surface area contributed by atoms with E-state index in [1.807, 2.05) is 0 Å². The van der Waals surface area contributed by atoms with Crippen LogP contribution in [0.3, 0.4) is 0 Å². The van der Waals surface area contributed by atoms with Crippen molar-refractivity contribution in [2.24, 2.45) is 0 Å².